The molecule has 2 aliphatic rings. The minimum atomic E-state index is -0.600. The Hall–Kier alpha value is 0.223. The largest absolute Gasteiger partial charge is 1.00 e. The number of allylic oxidation sites excluding steroid dienone is 4. The molecule has 4 heteroatoms. The molecule has 0 bridgehead atoms. The zero-order valence-electron chi connectivity index (χ0n) is 11.8. The summed E-state index contributed by atoms with van der Waals surface area (Å²) >= 11 is -0.600. The van der Waals surface area contributed by atoms with Crippen molar-refractivity contribution in [2.75, 3.05) is 0 Å². The van der Waals surface area contributed by atoms with Crippen molar-refractivity contribution < 1.29 is 48.0 Å². The fourth-order valence-corrected chi connectivity index (χ4v) is 8.28. The number of rotatable bonds is 2. The van der Waals surface area contributed by atoms with Crippen molar-refractivity contribution in [2.45, 2.75) is 37.2 Å². The van der Waals surface area contributed by atoms with E-state index in [4.69, 9.17) is 0 Å². The minimum Gasteiger partial charge on any atom is -1.00 e. The number of aromatic nitrogens is 1. The monoisotopic (exact) mass is 373 g/mol. The molecule has 1 aromatic heterocycles. The van der Waals surface area contributed by atoms with E-state index < -0.39 is 23.2 Å². The molecule has 2 atom stereocenters. The molecule has 1 aromatic rings. The Kier molecular flexibility index (Phi) is 5.38. The molecular weight excluding hydrogens is 356 g/mol. The Morgan fingerprint density at radius 2 is 1.89 bits per heavy atom. The molecule has 1 heterocycles. The fourth-order valence-electron chi connectivity index (χ4n) is 3.55. The van der Waals surface area contributed by atoms with Crippen molar-refractivity contribution in [1.82, 2.24) is 4.98 Å². The third kappa shape index (κ3) is 2.24. The number of hydrogen-bond donors (Lipinski definition) is 1. The van der Waals surface area contributed by atoms with Crippen LogP contribution in [-0.2, 0) is 23.2 Å². The predicted octanol–water partition coefficient (Wildman–Crippen LogP) is -2.40. The average molecular weight is 375 g/mol. The SMILES string of the molecule is CC1=C(C)[C]2([Zr+2][c]3ccc[nH]3)C(=C1C)CC2C.[Cl-].[Cl-]. The van der Waals surface area contributed by atoms with Crippen molar-refractivity contribution in [3.8, 4) is 0 Å². The summed E-state index contributed by atoms with van der Waals surface area (Å²) in [5.41, 5.74) is 6.65. The molecule has 0 saturated heterocycles. The van der Waals surface area contributed by atoms with Crippen LogP contribution in [0.5, 0.6) is 0 Å². The maximum Gasteiger partial charge on any atom is -1.00 e. The summed E-state index contributed by atoms with van der Waals surface area (Å²) in [6, 6.07) is 4.44. The van der Waals surface area contributed by atoms with Gasteiger partial charge in [-0.15, -0.1) is 0 Å². The Labute approximate surface area is 139 Å². The van der Waals surface area contributed by atoms with Crippen LogP contribution in [0.1, 0.15) is 34.1 Å². The van der Waals surface area contributed by atoms with Crippen molar-refractivity contribution in [1.29, 1.82) is 0 Å². The smallest absolute Gasteiger partial charge is 1.00 e. The summed E-state index contributed by atoms with van der Waals surface area (Å²) in [7, 11) is 0. The van der Waals surface area contributed by atoms with Crippen molar-refractivity contribution in [2.24, 2.45) is 5.92 Å². The van der Waals surface area contributed by atoms with Gasteiger partial charge >= 0.3 is 115 Å². The van der Waals surface area contributed by atoms with E-state index in [1.54, 1.807) is 25.7 Å². The summed E-state index contributed by atoms with van der Waals surface area (Å²) in [4.78, 5) is 3.44. The van der Waals surface area contributed by atoms with E-state index >= 15 is 0 Å². The fraction of sp³-hybridized carbons (Fsp3) is 0.467. The quantitative estimate of drug-likeness (QED) is 0.593. The van der Waals surface area contributed by atoms with Crippen LogP contribution in [-0.4, -0.2) is 4.98 Å². The first-order valence-electron chi connectivity index (χ1n) is 6.37. The van der Waals surface area contributed by atoms with Crippen LogP contribution < -0.4 is 28.2 Å². The zero-order valence-corrected chi connectivity index (χ0v) is 15.7. The molecule has 0 radical (unpaired) electrons. The topological polar surface area (TPSA) is 15.8 Å². The minimum absolute atomic E-state index is 0. The summed E-state index contributed by atoms with van der Waals surface area (Å²) in [6.07, 6.45) is 3.41. The van der Waals surface area contributed by atoms with Crippen molar-refractivity contribution in [3.05, 3.63) is 40.6 Å². The van der Waals surface area contributed by atoms with Gasteiger partial charge in [-0.1, -0.05) is 0 Å². The van der Waals surface area contributed by atoms with Crippen LogP contribution in [0.3, 0.4) is 0 Å². The Morgan fingerprint density at radius 3 is 2.37 bits per heavy atom. The molecule has 19 heavy (non-hydrogen) atoms. The molecule has 0 amide bonds. The van der Waals surface area contributed by atoms with E-state index in [1.807, 2.05) is 0 Å². The summed E-state index contributed by atoms with van der Waals surface area (Å²) in [5.74, 6) is 0.861. The second-order valence-electron chi connectivity index (χ2n) is 5.48. The number of aromatic amines is 1. The van der Waals surface area contributed by atoms with Crippen LogP contribution >= 0.6 is 0 Å². The Bertz CT molecular complexity index is 510. The molecule has 1 N–H and O–H groups in total. The molecule has 1 nitrogen and oxygen atoms in total. The number of nitrogens with one attached hydrogen (secondary N) is 1. The maximum atomic E-state index is 3.44. The molecule has 3 rings (SSSR count). The summed E-state index contributed by atoms with van der Waals surface area (Å²) in [6.45, 7) is 9.47. The van der Waals surface area contributed by atoms with E-state index in [2.05, 4.69) is 51.0 Å². The number of hydrogen-bond acceptors (Lipinski definition) is 0. The van der Waals surface area contributed by atoms with Crippen LogP contribution in [0.2, 0.25) is 3.12 Å². The first-order chi connectivity index (χ1) is 8.07. The Morgan fingerprint density at radius 1 is 1.21 bits per heavy atom. The third-order valence-corrected chi connectivity index (χ3v) is 10.1. The number of halogens is 2. The van der Waals surface area contributed by atoms with E-state index in [-0.39, 0.29) is 24.8 Å². The first kappa shape index (κ1) is 17.3. The van der Waals surface area contributed by atoms with Gasteiger partial charge < -0.3 is 24.8 Å². The maximum absolute atomic E-state index is 3.44. The number of fused-ring (bicyclic) bond motifs is 1. The molecule has 2 aliphatic carbocycles. The molecule has 0 spiro atoms. The summed E-state index contributed by atoms with van der Waals surface area (Å²) in [5, 5.41) is 0. The normalized spacial score (nSPS) is 28.1. The van der Waals surface area contributed by atoms with Gasteiger partial charge in [-0.05, 0) is 0 Å². The van der Waals surface area contributed by atoms with Gasteiger partial charge in [-0.2, -0.15) is 0 Å². The van der Waals surface area contributed by atoms with Gasteiger partial charge in [0.1, 0.15) is 0 Å². The van der Waals surface area contributed by atoms with Crippen LogP contribution in [0.4, 0.5) is 0 Å². The van der Waals surface area contributed by atoms with Gasteiger partial charge in [0.05, 0.1) is 0 Å². The second kappa shape index (κ2) is 5.92. The molecule has 1 fully saturated rings. The van der Waals surface area contributed by atoms with Gasteiger partial charge in [-0.25, -0.2) is 0 Å². The molecule has 0 aliphatic heterocycles. The van der Waals surface area contributed by atoms with Gasteiger partial charge in [0.2, 0.25) is 0 Å². The van der Waals surface area contributed by atoms with Gasteiger partial charge in [0, 0.05) is 0 Å². The molecular formula is C15H19Cl2NZr. The Balaban J connectivity index is 0.000000902. The van der Waals surface area contributed by atoms with Crippen molar-refractivity contribution in [3.63, 3.8) is 0 Å². The molecule has 102 valence electrons. The summed E-state index contributed by atoms with van der Waals surface area (Å²) < 4.78 is 2.06. The molecule has 2 unspecified atom stereocenters. The standard InChI is InChI=1S/C11H15.C4H4N.2ClH.Zr/c1-6-5-10-8(3)7(2)9(4)11(6)10;1-2-4-5-3-1;;;/h6H,5H2,1-4H3;1-3,5H;2*1H;/q;;;;+2/p-2. The second-order valence-corrected chi connectivity index (χ2v) is 9.35. The van der Waals surface area contributed by atoms with E-state index in [0.717, 1.165) is 5.92 Å². The van der Waals surface area contributed by atoms with Gasteiger partial charge in [0.25, 0.3) is 0 Å². The third-order valence-electron chi connectivity index (χ3n) is 4.82. The van der Waals surface area contributed by atoms with E-state index in [9.17, 15) is 0 Å². The van der Waals surface area contributed by atoms with Crippen molar-refractivity contribution >= 4 is 3.40 Å². The van der Waals surface area contributed by atoms with Crippen LogP contribution in [0.15, 0.2) is 40.6 Å². The number of H-pyrrole nitrogens is 1. The average Bonchev–Trinajstić information content (AvgIpc) is 2.86. The molecule has 0 aromatic carbocycles. The van der Waals surface area contributed by atoms with E-state index in [0.29, 0.717) is 3.12 Å². The molecule has 1 saturated carbocycles. The van der Waals surface area contributed by atoms with E-state index in [1.165, 1.54) is 6.42 Å². The predicted molar refractivity (Wildman–Crippen MR) is 68.0 cm³/mol. The first-order valence-corrected chi connectivity index (χ1v) is 8.83. The van der Waals surface area contributed by atoms with Crippen LogP contribution in [0.25, 0.3) is 0 Å². The van der Waals surface area contributed by atoms with Crippen LogP contribution in [0, 0.1) is 5.92 Å². The zero-order chi connectivity index (χ0) is 12.2. The van der Waals surface area contributed by atoms with Gasteiger partial charge in [0.15, 0.2) is 0 Å². The van der Waals surface area contributed by atoms with Gasteiger partial charge in [-0.3, -0.25) is 0 Å².